The lowest BCUT2D eigenvalue weighted by Gasteiger charge is -2.27. The fourth-order valence-electron chi connectivity index (χ4n) is 4.09. The van der Waals surface area contributed by atoms with Crippen LogP contribution in [0.1, 0.15) is 55.8 Å². The summed E-state index contributed by atoms with van der Waals surface area (Å²) in [5.41, 5.74) is 3.52. The number of nitrogens with zero attached hydrogens (tertiary/aromatic N) is 1. The van der Waals surface area contributed by atoms with E-state index in [9.17, 15) is 9.90 Å². The lowest BCUT2D eigenvalue weighted by atomic mass is 9.79. The molecule has 0 aliphatic heterocycles. The number of aliphatic imine (C=N–C) groups is 1. The quantitative estimate of drug-likeness (QED) is 0.638. The largest absolute Gasteiger partial charge is 0.417 e. The number of aliphatic hydroxyl groups excluding tert-OH is 1. The number of oxazole rings is 1. The van der Waals surface area contributed by atoms with Crippen LogP contribution in [0.15, 0.2) is 62.7 Å². The second kappa shape index (κ2) is 8.15. The number of benzene rings is 2. The van der Waals surface area contributed by atoms with E-state index in [1.54, 1.807) is 0 Å². The smallest absolute Gasteiger partial charge is 0.408 e. The number of aromatic amines is 1. The van der Waals surface area contributed by atoms with Gasteiger partial charge < -0.3 is 9.52 Å². The molecule has 5 nitrogen and oxygen atoms in total. The molecule has 1 aromatic heterocycles. The SMILES string of the molecule is C[C@@H](N=CC1CCC(c2ccc3[nH]c(=O)oc3c2)CC1)[C@@H](O)c1ccccc1. The van der Waals surface area contributed by atoms with Gasteiger partial charge in [-0.1, -0.05) is 36.4 Å². The van der Waals surface area contributed by atoms with Gasteiger partial charge in [-0.05, 0) is 67.7 Å². The van der Waals surface area contributed by atoms with E-state index < -0.39 is 11.9 Å². The van der Waals surface area contributed by atoms with Crippen LogP contribution in [-0.4, -0.2) is 22.3 Å². The van der Waals surface area contributed by atoms with Gasteiger partial charge in [-0.25, -0.2) is 4.79 Å². The van der Waals surface area contributed by atoms with Crippen molar-refractivity contribution in [2.45, 2.75) is 50.7 Å². The summed E-state index contributed by atoms with van der Waals surface area (Å²) < 4.78 is 5.19. The van der Waals surface area contributed by atoms with Crippen molar-refractivity contribution in [3.8, 4) is 0 Å². The van der Waals surface area contributed by atoms with Gasteiger partial charge in [0.15, 0.2) is 5.58 Å². The minimum Gasteiger partial charge on any atom is -0.408 e. The highest BCUT2D eigenvalue weighted by molar-refractivity contribution is 5.73. The Labute approximate surface area is 164 Å². The molecule has 3 aromatic rings. The molecule has 0 unspecified atom stereocenters. The lowest BCUT2D eigenvalue weighted by molar-refractivity contribution is 0.154. The van der Waals surface area contributed by atoms with Crippen LogP contribution in [0.4, 0.5) is 0 Å². The summed E-state index contributed by atoms with van der Waals surface area (Å²) in [6.07, 6.45) is 5.81. The summed E-state index contributed by atoms with van der Waals surface area (Å²) in [7, 11) is 0. The Kier molecular flexibility index (Phi) is 5.44. The number of aliphatic hydroxyl groups is 1. The van der Waals surface area contributed by atoms with Crippen molar-refractivity contribution >= 4 is 17.3 Å². The second-order valence-corrected chi connectivity index (χ2v) is 7.78. The third-order valence-electron chi connectivity index (χ3n) is 5.82. The zero-order chi connectivity index (χ0) is 19.5. The summed E-state index contributed by atoms with van der Waals surface area (Å²) in [5, 5.41) is 10.5. The van der Waals surface area contributed by atoms with Crippen molar-refractivity contribution in [1.82, 2.24) is 4.98 Å². The summed E-state index contributed by atoms with van der Waals surface area (Å²) in [6, 6.07) is 15.5. The van der Waals surface area contributed by atoms with Crippen molar-refractivity contribution in [3.05, 3.63) is 70.2 Å². The summed E-state index contributed by atoms with van der Waals surface area (Å²) in [6.45, 7) is 1.96. The van der Waals surface area contributed by atoms with Gasteiger partial charge in [-0.15, -0.1) is 0 Å². The molecule has 146 valence electrons. The predicted molar refractivity (Wildman–Crippen MR) is 111 cm³/mol. The number of nitrogens with one attached hydrogen (secondary N) is 1. The average Bonchev–Trinajstić information content (AvgIpc) is 3.11. The molecule has 1 fully saturated rings. The van der Waals surface area contributed by atoms with Gasteiger partial charge in [0.1, 0.15) is 6.10 Å². The van der Waals surface area contributed by atoms with E-state index >= 15 is 0 Å². The normalized spacial score (nSPS) is 22.5. The Balaban J connectivity index is 1.34. The van der Waals surface area contributed by atoms with Gasteiger partial charge in [0.05, 0.1) is 11.6 Å². The molecule has 2 N–H and O–H groups in total. The first-order valence-electron chi connectivity index (χ1n) is 9.99. The molecule has 28 heavy (non-hydrogen) atoms. The predicted octanol–water partition coefficient (Wildman–Crippen LogP) is 4.59. The number of fused-ring (bicyclic) bond motifs is 1. The standard InChI is InChI=1S/C23H26N2O3/c1-15(22(26)18-5-3-2-4-6-18)24-14-16-7-9-17(10-8-16)19-11-12-20-21(13-19)28-23(27)25-20/h2-6,11-17,22,26H,7-10H2,1H3,(H,25,27)/t15-,16?,17?,22-/m1/s1. The van der Waals surface area contributed by atoms with Crippen LogP contribution in [0.5, 0.6) is 0 Å². The van der Waals surface area contributed by atoms with Crippen LogP contribution in [0.25, 0.3) is 11.1 Å². The van der Waals surface area contributed by atoms with E-state index in [-0.39, 0.29) is 6.04 Å². The van der Waals surface area contributed by atoms with E-state index in [4.69, 9.17) is 4.42 Å². The highest BCUT2D eigenvalue weighted by Crippen LogP contribution is 2.36. The summed E-state index contributed by atoms with van der Waals surface area (Å²) >= 11 is 0. The third-order valence-corrected chi connectivity index (χ3v) is 5.82. The first-order valence-corrected chi connectivity index (χ1v) is 9.99. The lowest BCUT2D eigenvalue weighted by Crippen LogP contribution is -2.17. The van der Waals surface area contributed by atoms with Crippen molar-refractivity contribution in [2.75, 3.05) is 0 Å². The molecule has 5 heteroatoms. The topological polar surface area (TPSA) is 78.6 Å². The van der Waals surface area contributed by atoms with Gasteiger partial charge >= 0.3 is 5.76 Å². The van der Waals surface area contributed by atoms with E-state index in [1.165, 1.54) is 5.56 Å². The van der Waals surface area contributed by atoms with E-state index in [2.05, 4.69) is 16.0 Å². The van der Waals surface area contributed by atoms with Gasteiger partial charge in [0.25, 0.3) is 0 Å². The van der Waals surface area contributed by atoms with Gasteiger partial charge in [0.2, 0.25) is 0 Å². The first kappa shape index (κ1) is 18.7. The number of hydrogen-bond acceptors (Lipinski definition) is 4. The molecule has 2 atom stereocenters. The Morgan fingerprint density at radius 2 is 1.89 bits per heavy atom. The Bertz CT molecular complexity index is 997. The molecule has 0 amide bonds. The van der Waals surface area contributed by atoms with Crippen molar-refractivity contribution < 1.29 is 9.52 Å². The molecule has 0 radical (unpaired) electrons. The van der Waals surface area contributed by atoms with Crippen LogP contribution in [-0.2, 0) is 0 Å². The van der Waals surface area contributed by atoms with Crippen molar-refractivity contribution in [1.29, 1.82) is 0 Å². The summed E-state index contributed by atoms with van der Waals surface area (Å²) in [5.74, 6) is 0.538. The minimum atomic E-state index is -0.573. The van der Waals surface area contributed by atoms with Crippen molar-refractivity contribution in [2.24, 2.45) is 10.9 Å². The maximum Gasteiger partial charge on any atom is 0.417 e. The molecule has 0 bridgehead atoms. The van der Waals surface area contributed by atoms with Crippen LogP contribution in [0, 0.1) is 5.92 Å². The monoisotopic (exact) mass is 378 g/mol. The second-order valence-electron chi connectivity index (χ2n) is 7.78. The highest BCUT2D eigenvalue weighted by atomic mass is 16.4. The van der Waals surface area contributed by atoms with Crippen LogP contribution in [0.3, 0.4) is 0 Å². The third kappa shape index (κ3) is 4.09. The highest BCUT2D eigenvalue weighted by Gasteiger charge is 2.23. The zero-order valence-corrected chi connectivity index (χ0v) is 16.0. The van der Waals surface area contributed by atoms with Gasteiger partial charge in [-0.3, -0.25) is 9.98 Å². The van der Waals surface area contributed by atoms with Gasteiger partial charge in [-0.2, -0.15) is 0 Å². The molecule has 4 rings (SSSR count). The fraction of sp³-hybridized carbons (Fsp3) is 0.391. The van der Waals surface area contributed by atoms with E-state index in [0.717, 1.165) is 36.8 Å². The van der Waals surface area contributed by atoms with E-state index in [1.807, 2.05) is 55.6 Å². The molecule has 1 heterocycles. The molecule has 1 aliphatic rings. The van der Waals surface area contributed by atoms with Crippen molar-refractivity contribution in [3.63, 3.8) is 0 Å². The Morgan fingerprint density at radius 1 is 1.14 bits per heavy atom. The maximum absolute atomic E-state index is 11.3. The maximum atomic E-state index is 11.3. The fourth-order valence-corrected chi connectivity index (χ4v) is 4.09. The molecule has 1 aliphatic carbocycles. The first-order chi connectivity index (χ1) is 13.6. The molecule has 0 saturated heterocycles. The van der Waals surface area contributed by atoms with E-state index in [0.29, 0.717) is 17.4 Å². The molecular weight excluding hydrogens is 352 g/mol. The zero-order valence-electron chi connectivity index (χ0n) is 16.0. The summed E-state index contributed by atoms with van der Waals surface area (Å²) in [4.78, 5) is 18.7. The molecule has 1 saturated carbocycles. The minimum absolute atomic E-state index is 0.154. The Hall–Kier alpha value is -2.66. The number of rotatable bonds is 5. The molecule has 2 aromatic carbocycles. The number of aromatic nitrogens is 1. The van der Waals surface area contributed by atoms with Gasteiger partial charge in [0, 0.05) is 6.21 Å². The molecule has 0 spiro atoms. The molecular formula is C23H26N2O3. The Morgan fingerprint density at radius 3 is 2.64 bits per heavy atom. The average molecular weight is 378 g/mol. The number of H-pyrrole nitrogens is 1. The number of hydrogen-bond donors (Lipinski definition) is 2. The van der Waals surface area contributed by atoms with Crippen LogP contribution >= 0.6 is 0 Å². The van der Waals surface area contributed by atoms with Crippen LogP contribution < -0.4 is 5.76 Å². The van der Waals surface area contributed by atoms with Crippen LogP contribution in [0.2, 0.25) is 0 Å².